The van der Waals surface area contributed by atoms with Gasteiger partial charge in [0.05, 0.1) is 18.8 Å². The normalized spacial score (nSPS) is 20.4. The maximum atomic E-state index is 6.39. The number of nitrogens with one attached hydrogen (secondary N) is 1. The molecule has 0 fully saturated rings. The monoisotopic (exact) mass is 390 g/mol. The van der Waals surface area contributed by atoms with Crippen LogP contribution in [-0.2, 0) is 0 Å². The Balaban J connectivity index is 1.58. The maximum Gasteiger partial charge on any atom is 0.196 e. The Hall–Kier alpha value is -2.95. The second kappa shape index (κ2) is 6.89. The first-order valence-corrected chi connectivity index (χ1v) is 9.53. The zero-order valence-electron chi connectivity index (χ0n) is 15.3. The lowest BCUT2D eigenvalue weighted by atomic mass is 10.0. The third-order valence-corrected chi connectivity index (χ3v) is 5.35. The van der Waals surface area contributed by atoms with Crippen LogP contribution in [0, 0.1) is 0 Å². The fourth-order valence-corrected chi connectivity index (χ4v) is 3.97. The Morgan fingerprint density at radius 3 is 2.71 bits per heavy atom. The van der Waals surface area contributed by atoms with E-state index in [1.807, 2.05) is 54.6 Å². The molecule has 3 aromatic rings. The Labute approximate surface area is 168 Å². The van der Waals surface area contributed by atoms with Crippen LogP contribution >= 0.6 is 11.6 Å². The third kappa shape index (κ3) is 2.91. The molecule has 28 heavy (non-hydrogen) atoms. The highest BCUT2D eigenvalue weighted by molar-refractivity contribution is 6.30. The van der Waals surface area contributed by atoms with Gasteiger partial charge in [-0.25, -0.2) is 0 Å². The Morgan fingerprint density at radius 1 is 1.00 bits per heavy atom. The van der Waals surface area contributed by atoms with Gasteiger partial charge in [-0.2, -0.15) is 5.01 Å². The van der Waals surface area contributed by atoms with Crippen molar-refractivity contribution in [2.24, 2.45) is 0 Å². The second-order valence-corrected chi connectivity index (χ2v) is 7.28. The highest BCUT2D eigenvalue weighted by Crippen LogP contribution is 2.46. The van der Waals surface area contributed by atoms with Gasteiger partial charge >= 0.3 is 0 Å². The molecule has 4 nitrogen and oxygen atoms in total. The van der Waals surface area contributed by atoms with Crippen molar-refractivity contribution in [2.45, 2.75) is 12.3 Å². The second-order valence-electron chi connectivity index (χ2n) is 6.84. The molecule has 0 unspecified atom stereocenters. The summed E-state index contributed by atoms with van der Waals surface area (Å²) in [6.07, 6.45) is 1.93. The van der Waals surface area contributed by atoms with Gasteiger partial charge in [-0.3, -0.25) is 0 Å². The van der Waals surface area contributed by atoms with Crippen molar-refractivity contribution in [1.29, 1.82) is 0 Å². The SMILES string of the molecule is COc1cccc([C@@H]2Oc3ccccc3[C@H]3C=C(c4cccc(Cl)c4)NN32)c1. The highest BCUT2D eigenvalue weighted by Gasteiger charge is 2.40. The van der Waals surface area contributed by atoms with Crippen molar-refractivity contribution >= 4 is 17.3 Å². The molecule has 0 aromatic heterocycles. The number of rotatable bonds is 3. The van der Waals surface area contributed by atoms with Crippen molar-refractivity contribution < 1.29 is 9.47 Å². The van der Waals surface area contributed by atoms with E-state index >= 15 is 0 Å². The fraction of sp³-hybridized carbons (Fsp3) is 0.130. The smallest absolute Gasteiger partial charge is 0.196 e. The zero-order valence-corrected chi connectivity index (χ0v) is 16.1. The Morgan fingerprint density at radius 2 is 1.86 bits per heavy atom. The molecule has 5 rings (SSSR count). The molecular weight excluding hydrogens is 372 g/mol. The molecule has 0 saturated carbocycles. The van der Waals surface area contributed by atoms with Gasteiger partial charge in [0.15, 0.2) is 6.23 Å². The van der Waals surface area contributed by atoms with Crippen molar-refractivity contribution in [3.05, 3.63) is 101 Å². The summed E-state index contributed by atoms with van der Waals surface area (Å²) >= 11 is 6.21. The van der Waals surface area contributed by atoms with Crippen LogP contribution in [-0.4, -0.2) is 12.1 Å². The molecule has 140 valence electrons. The minimum absolute atomic E-state index is 0.0510. The largest absolute Gasteiger partial charge is 0.497 e. The first-order chi connectivity index (χ1) is 13.7. The van der Waals surface area contributed by atoms with Gasteiger partial charge in [0.25, 0.3) is 0 Å². The number of hydrazine groups is 1. The summed E-state index contributed by atoms with van der Waals surface area (Å²) in [5.41, 5.74) is 7.74. The summed E-state index contributed by atoms with van der Waals surface area (Å²) in [6.45, 7) is 0. The highest BCUT2D eigenvalue weighted by atomic mass is 35.5. The molecule has 2 atom stereocenters. The van der Waals surface area contributed by atoms with E-state index in [1.165, 1.54) is 0 Å². The van der Waals surface area contributed by atoms with E-state index in [0.717, 1.165) is 33.9 Å². The van der Waals surface area contributed by atoms with E-state index in [-0.39, 0.29) is 12.3 Å². The van der Waals surface area contributed by atoms with Crippen LogP contribution in [0.3, 0.4) is 0 Å². The van der Waals surface area contributed by atoms with E-state index in [1.54, 1.807) is 7.11 Å². The summed E-state index contributed by atoms with van der Waals surface area (Å²) < 4.78 is 11.8. The van der Waals surface area contributed by atoms with Crippen LogP contribution in [0.4, 0.5) is 0 Å². The predicted octanol–water partition coefficient (Wildman–Crippen LogP) is 5.34. The fourth-order valence-electron chi connectivity index (χ4n) is 3.78. The van der Waals surface area contributed by atoms with Gasteiger partial charge < -0.3 is 14.9 Å². The molecule has 1 N–H and O–H groups in total. The molecule has 0 saturated heterocycles. The number of hydrogen-bond acceptors (Lipinski definition) is 4. The van der Waals surface area contributed by atoms with Crippen LogP contribution < -0.4 is 14.9 Å². The lowest BCUT2D eigenvalue weighted by Crippen LogP contribution is -2.43. The van der Waals surface area contributed by atoms with Crippen molar-refractivity contribution in [2.75, 3.05) is 7.11 Å². The van der Waals surface area contributed by atoms with Crippen molar-refractivity contribution in [1.82, 2.24) is 10.4 Å². The van der Waals surface area contributed by atoms with Gasteiger partial charge in [-0.1, -0.05) is 54.1 Å². The van der Waals surface area contributed by atoms with Crippen LogP contribution in [0.2, 0.25) is 5.02 Å². The Bertz CT molecular complexity index is 1070. The zero-order chi connectivity index (χ0) is 19.1. The average Bonchev–Trinajstić information content (AvgIpc) is 3.19. The van der Waals surface area contributed by atoms with E-state index in [2.05, 4.69) is 34.7 Å². The van der Waals surface area contributed by atoms with Gasteiger partial charge in [0, 0.05) is 21.7 Å². The van der Waals surface area contributed by atoms with Gasteiger partial charge in [-0.05, 0) is 36.4 Å². The van der Waals surface area contributed by atoms with Gasteiger partial charge in [0.2, 0.25) is 0 Å². The molecule has 2 aliphatic heterocycles. The number of benzene rings is 3. The quantitative estimate of drug-likeness (QED) is 0.654. The van der Waals surface area contributed by atoms with E-state index < -0.39 is 0 Å². The van der Waals surface area contributed by atoms with Gasteiger partial charge in [0.1, 0.15) is 11.5 Å². The minimum atomic E-state index is -0.289. The van der Waals surface area contributed by atoms with Crippen LogP contribution in [0.5, 0.6) is 11.5 Å². The van der Waals surface area contributed by atoms with E-state index in [9.17, 15) is 0 Å². The number of hydrogen-bond donors (Lipinski definition) is 1. The average molecular weight is 391 g/mol. The number of methoxy groups -OCH3 is 1. The number of fused-ring (bicyclic) bond motifs is 3. The van der Waals surface area contributed by atoms with Crippen LogP contribution in [0.1, 0.15) is 29.0 Å². The first kappa shape index (κ1) is 17.2. The van der Waals surface area contributed by atoms with Crippen molar-refractivity contribution in [3.8, 4) is 11.5 Å². The number of nitrogens with zero attached hydrogens (tertiary/aromatic N) is 1. The third-order valence-electron chi connectivity index (χ3n) is 5.12. The lowest BCUT2D eigenvalue weighted by Gasteiger charge is -2.39. The molecule has 0 aliphatic carbocycles. The predicted molar refractivity (Wildman–Crippen MR) is 110 cm³/mol. The molecule has 0 spiro atoms. The summed E-state index contributed by atoms with van der Waals surface area (Å²) in [7, 11) is 1.67. The van der Waals surface area contributed by atoms with Crippen LogP contribution in [0.15, 0.2) is 78.9 Å². The molecule has 0 radical (unpaired) electrons. The topological polar surface area (TPSA) is 33.7 Å². The molecule has 5 heteroatoms. The van der Waals surface area contributed by atoms with E-state index in [4.69, 9.17) is 21.1 Å². The number of ether oxygens (including phenoxy) is 2. The summed E-state index contributed by atoms with van der Waals surface area (Å²) in [5, 5.41) is 2.85. The summed E-state index contributed by atoms with van der Waals surface area (Å²) in [5.74, 6) is 1.70. The molecule has 0 amide bonds. The van der Waals surface area contributed by atoms with E-state index in [0.29, 0.717) is 5.02 Å². The van der Waals surface area contributed by atoms with Gasteiger partial charge in [-0.15, -0.1) is 0 Å². The lowest BCUT2D eigenvalue weighted by molar-refractivity contribution is -0.0327. The molecule has 0 bridgehead atoms. The molecule has 3 aromatic carbocycles. The molecular formula is C23H19ClN2O2. The molecule has 2 heterocycles. The summed E-state index contributed by atoms with van der Waals surface area (Å²) in [4.78, 5) is 0. The van der Waals surface area contributed by atoms with Crippen LogP contribution in [0.25, 0.3) is 5.70 Å². The maximum absolute atomic E-state index is 6.39. The number of para-hydroxylation sites is 1. The first-order valence-electron chi connectivity index (χ1n) is 9.15. The summed E-state index contributed by atoms with van der Waals surface area (Å²) in [6, 6.07) is 24.0. The number of halogens is 1. The Kier molecular flexibility index (Phi) is 4.23. The standard InChI is InChI=1S/C23H19ClN2O2/c1-27-18-9-5-7-16(13-18)23-26-21(19-10-2-3-11-22(19)28-23)14-20(25-26)15-6-4-8-17(24)12-15/h2-14,21,23,25H,1H3/t21-,23+/m1/s1. The van der Waals surface area contributed by atoms with Crippen molar-refractivity contribution in [3.63, 3.8) is 0 Å². The minimum Gasteiger partial charge on any atom is -0.497 e. The molecule has 2 aliphatic rings.